The molecule has 0 saturated carbocycles. The van der Waals surface area contributed by atoms with Gasteiger partial charge in [0.15, 0.2) is 0 Å². The minimum atomic E-state index is -4.17. The van der Waals surface area contributed by atoms with Crippen molar-refractivity contribution in [3.05, 3.63) is 82.3 Å². The molecule has 1 aliphatic heterocycles. The quantitative estimate of drug-likeness (QED) is 0.449. The molecule has 0 radical (unpaired) electrons. The molecule has 9 heteroatoms. The Kier molecular flexibility index (Phi) is 6.88. The number of para-hydroxylation sites is 1. The van der Waals surface area contributed by atoms with Crippen LogP contribution in [-0.2, 0) is 21.4 Å². The fourth-order valence-corrected chi connectivity index (χ4v) is 5.15. The SMILES string of the molecule is O=C(c1cccs1)N(Cc1ccccc1OS(=O)(=O)c1ccc(F)cc1)CC1CCCO1. The Hall–Kier alpha value is -2.75. The highest BCUT2D eigenvalue weighted by atomic mass is 32.2. The Balaban J connectivity index is 1.59. The second kappa shape index (κ2) is 9.81. The number of halogens is 1. The zero-order valence-corrected chi connectivity index (χ0v) is 18.8. The number of carbonyl (C=O) groups is 1. The predicted molar refractivity (Wildman–Crippen MR) is 119 cm³/mol. The molecule has 1 aromatic heterocycles. The third kappa shape index (κ3) is 5.35. The molecule has 1 aliphatic rings. The van der Waals surface area contributed by atoms with E-state index in [1.54, 1.807) is 29.2 Å². The van der Waals surface area contributed by atoms with Crippen LogP contribution in [0.2, 0.25) is 0 Å². The van der Waals surface area contributed by atoms with Gasteiger partial charge < -0.3 is 13.8 Å². The van der Waals surface area contributed by atoms with Crippen LogP contribution in [0.25, 0.3) is 0 Å². The molecule has 4 rings (SSSR count). The van der Waals surface area contributed by atoms with Crippen molar-refractivity contribution < 1.29 is 26.5 Å². The first-order valence-electron chi connectivity index (χ1n) is 10.1. The number of ether oxygens (including phenoxy) is 1. The molecule has 2 aromatic carbocycles. The van der Waals surface area contributed by atoms with Crippen LogP contribution in [0.3, 0.4) is 0 Å². The first kappa shape index (κ1) is 22.4. The average Bonchev–Trinajstić information content (AvgIpc) is 3.49. The zero-order chi connectivity index (χ0) is 22.6. The van der Waals surface area contributed by atoms with Gasteiger partial charge >= 0.3 is 10.1 Å². The van der Waals surface area contributed by atoms with E-state index in [4.69, 9.17) is 8.92 Å². The van der Waals surface area contributed by atoms with Gasteiger partial charge in [0.1, 0.15) is 16.5 Å². The maximum atomic E-state index is 13.2. The Bertz CT molecular complexity index is 1160. The summed E-state index contributed by atoms with van der Waals surface area (Å²) in [6.07, 6.45) is 1.75. The maximum absolute atomic E-state index is 13.2. The van der Waals surface area contributed by atoms with E-state index in [0.29, 0.717) is 23.6 Å². The molecule has 2 heterocycles. The van der Waals surface area contributed by atoms with Gasteiger partial charge in [-0.3, -0.25) is 4.79 Å². The van der Waals surface area contributed by atoms with E-state index < -0.39 is 15.9 Å². The molecule has 0 aliphatic carbocycles. The first-order valence-corrected chi connectivity index (χ1v) is 12.4. The zero-order valence-electron chi connectivity index (χ0n) is 17.1. The van der Waals surface area contributed by atoms with Gasteiger partial charge in [-0.05, 0) is 54.6 Å². The smallest absolute Gasteiger partial charge is 0.339 e. The van der Waals surface area contributed by atoms with Crippen molar-refractivity contribution in [3.8, 4) is 5.75 Å². The summed E-state index contributed by atoms with van der Waals surface area (Å²) in [6.45, 7) is 1.22. The number of rotatable bonds is 8. The number of benzene rings is 2. The van der Waals surface area contributed by atoms with Crippen LogP contribution in [0.5, 0.6) is 5.75 Å². The summed E-state index contributed by atoms with van der Waals surface area (Å²) in [6, 6.07) is 14.7. The third-order valence-electron chi connectivity index (χ3n) is 5.10. The Morgan fingerprint density at radius 1 is 1.12 bits per heavy atom. The molecular weight excluding hydrogens is 453 g/mol. The van der Waals surface area contributed by atoms with Gasteiger partial charge in [0.2, 0.25) is 0 Å². The van der Waals surface area contributed by atoms with Crippen molar-refractivity contribution >= 4 is 27.4 Å². The van der Waals surface area contributed by atoms with Crippen molar-refractivity contribution in [1.82, 2.24) is 4.90 Å². The minimum Gasteiger partial charge on any atom is -0.379 e. The lowest BCUT2D eigenvalue weighted by Crippen LogP contribution is -2.36. The van der Waals surface area contributed by atoms with E-state index in [2.05, 4.69) is 0 Å². The van der Waals surface area contributed by atoms with Gasteiger partial charge in [-0.15, -0.1) is 11.3 Å². The van der Waals surface area contributed by atoms with Gasteiger partial charge in [-0.25, -0.2) is 4.39 Å². The van der Waals surface area contributed by atoms with Crippen LogP contribution < -0.4 is 4.18 Å². The summed E-state index contributed by atoms with van der Waals surface area (Å²) in [5.41, 5.74) is 0.543. The molecule has 3 aromatic rings. The Labute approximate surface area is 190 Å². The van der Waals surface area contributed by atoms with Crippen LogP contribution in [-0.4, -0.2) is 38.5 Å². The van der Waals surface area contributed by atoms with Crippen molar-refractivity contribution in [2.45, 2.75) is 30.4 Å². The van der Waals surface area contributed by atoms with Crippen LogP contribution in [0.15, 0.2) is 70.9 Å². The van der Waals surface area contributed by atoms with Gasteiger partial charge in [0.25, 0.3) is 5.91 Å². The number of thiophene rings is 1. The Morgan fingerprint density at radius 3 is 2.59 bits per heavy atom. The largest absolute Gasteiger partial charge is 0.379 e. The lowest BCUT2D eigenvalue weighted by atomic mass is 10.1. The number of hydrogen-bond acceptors (Lipinski definition) is 6. The van der Waals surface area contributed by atoms with Gasteiger partial charge in [0, 0.05) is 25.3 Å². The topological polar surface area (TPSA) is 72.9 Å². The lowest BCUT2D eigenvalue weighted by molar-refractivity contribution is 0.0510. The highest BCUT2D eigenvalue weighted by Crippen LogP contribution is 2.26. The van der Waals surface area contributed by atoms with Crippen LogP contribution in [0, 0.1) is 5.82 Å². The third-order valence-corrected chi connectivity index (χ3v) is 7.21. The molecule has 0 bridgehead atoms. The van der Waals surface area contributed by atoms with E-state index >= 15 is 0 Å². The van der Waals surface area contributed by atoms with Crippen LogP contribution >= 0.6 is 11.3 Å². The van der Waals surface area contributed by atoms with Crippen molar-refractivity contribution in [2.75, 3.05) is 13.2 Å². The monoisotopic (exact) mass is 475 g/mol. The van der Waals surface area contributed by atoms with E-state index in [0.717, 1.165) is 37.1 Å². The number of nitrogens with zero attached hydrogens (tertiary/aromatic N) is 1. The number of carbonyl (C=O) groups excluding carboxylic acids is 1. The van der Waals surface area contributed by atoms with Crippen LogP contribution in [0.4, 0.5) is 4.39 Å². The highest BCUT2D eigenvalue weighted by Gasteiger charge is 2.26. The molecular formula is C23H22FNO5S2. The number of amides is 1. The maximum Gasteiger partial charge on any atom is 0.339 e. The van der Waals surface area contributed by atoms with Crippen LogP contribution in [0.1, 0.15) is 28.1 Å². The van der Waals surface area contributed by atoms with Crippen molar-refractivity contribution in [3.63, 3.8) is 0 Å². The summed E-state index contributed by atoms with van der Waals surface area (Å²) in [5.74, 6) is -0.568. The van der Waals surface area contributed by atoms with Crippen molar-refractivity contribution in [1.29, 1.82) is 0 Å². The average molecular weight is 476 g/mol. The Morgan fingerprint density at radius 2 is 1.91 bits per heavy atom. The molecule has 1 saturated heterocycles. The fraction of sp³-hybridized carbons (Fsp3) is 0.261. The minimum absolute atomic E-state index is 0.0602. The van der Waals surface area contributed by atoms with Gasteiger partial charge in [-0.2, -0.15) is 8.42 Å². The standard InChI is InChI=1S/C23H22FNO5S2/c24-18-9-11-20(12-10-18)32(27,28)30-21-7-2-1-5-17(21)15-25(16-19-6-3-13-29-19)23(26)22-8-4-14-31-22/h1-2,4-5,7-12,14,19H,3,6,13,15-16H2. The summed E-state index contributed by atoms with van der Waals surface area (Å²) >= 11 is 1.35. The predicted octanol–water partition coefficient (Wildman–Crippen LogP) is 4.48. The lowest BCUT2D eigenvalue weighted by Gasteiger charge is -2.26. The number of hydrogen-bond donors (Lipinski definition) is 0. The molecule has 1 amide bonds. The second-order valence-corrected chi connectivity index (χ2v) is 9.89. The van der Waals surface area contributed by atoms with E-state index in [1.807, 2.05) is 11.4 Å². The molecule has 0 N–H and O–H groups in total. The molecule has 1 unspecified atom stereocenters. The fourth-order valence-electron chi connectivity index (χ4n) is 3.50. The summed E-state index contributed by atoms with van der Waals surface area (Å²) < 4.78 is 49.7. The molecule has 32 heavy (non-hydrogen) atoms. The van der Waals surface area contributed by atoms with E-state index in [9.17, 15) is 17.6 Å². The van der Waals surface area contributed by atoms with Gasteiger partial charge in [-0.1, -0.05) is 24.3 Å². The molecule has 6 nitrogen and oxygen atoms in total. The van der Waals surface area contributed by atoms with E-state index in [-0.39, 0.29) is 29.2 Å². The molecule has 168 valence electrons. The summed E-state index contributed by atoms with van der Waals surface area (Å²) in [5, 5.41) is 1.84. The second-order valence-electron chi connectivity index (χ2n) is 7.40. The van der Waals surface area contributed by atoms with Crippen molar-refractivity contribution in [2.24, 2.45) is 0 Å². The highest BCUT2D eigenvalue weighted by molar-refractivity contribution is 7.87. The van der Waals surface area contributed by atoms with E-state index in [1.165, 1.54) is 17.4 Å². The summed E-state index contributed by atoms with van der Waals surface area (Å²) in [7, 11) is -4.17. The molecule has 0 spiro atoms. The first-order chi connectivity index (χ1) is 15.4. The van der Waals surface area contributed by atoms with Gasteiger partial charge in [0.05, 0.1) is 11.0 Å². The normalized spacial score (nSPS) is 16.1. The molecule has 1 fully saturated rings. The molecule has 1 atom stereocenters. The summed E-state index contributed by atoms with van der Waals surface area (Å²) in [4.78, 5) is 15.2.